The topological polar surface area (TPSA) is 75.6 Å². The molecule has 2 aromatic rings. The van der Waals surface area contributed by atoms with Crippen molar-refractivity contribution in [2.24, 2.45) is 0 Å². The summed E-state index contributed by atoms with van der Waals surface area (Å²) in [6.07, 6.45) is 0. The minimum Gasteiger partial charge on any atom is -0.482 e. The minimum absolute atomic E-state index is 0.202. The highest BCUT2D eigenvalue weighted by molar-refractivity contribution is 6.36. The van der Waals surface area contributed by atoms with E-state index in [1.54, 1.807) is 12.1 Å². The van der Waals surface area contributed by atoms with Crippen LogP contribution >= 0.6 is 0 Å². The number of rotatable bonds is 1. The molecule has 1 amide bonds. The lowest BCUT2D eigenvalue weighted by Crippen LogP contribution is -2.15. The molecule has 0 spiro atoms. The molecule has 24 heavy (non-hydrogen) atoms. The number of carbonyl (C=O) groups is 2. The fourth-order valence-corrected chi connectivity index (χ4v) is 3.27. The van der Waals surface area contributed by atoms with Gasteiger partial charge in [0, 0.05) is 22.4 Å². The zero-order chi connectivity index (χ0) is 17.1. The van der Waals surface area contributed by atoms with Gasteiger partial charge in [0.2, 0.25) is 0 Å². The Kier molecular flexibility index (Phi) is 2.85. The van der Waals surface area contributed by atoms with Gasteiger partial charge in [-0.1, -0.05) is 18.2 Å². The van der Waals surface area contributed by atoms with Crippen LogP contribution in [0, 0.1) is 0 Å². The van der Waals surface area contributed by atoms with Crippen LogP contribution < -0.4 is 5.32 Å². The normalized spacial score (nSPS) is 20.2. The summed E-state index contributed by atoms with van der Waals surface area (Å²) < 4.78 is 6.09. The lowest BCUT2D eigenvalue weighted by molar-refractivity contribution is -0.110. The summed E-state index contributed by atoms with van der Waals surface area (Å²) in [4.78, 5) is 23.7. The van der Waals surface area contributed by atoms with E-state index in [2.05, 4.69) is 5.32 Å². The van der Waals surface area contributed by atoms with Crippen LogP contribution in [-0.2, 0) is 15.1 Å². The van der Waals surface area contributed by atoms with Crippen LogP contribution in [0.4, 0.5) is 5.69 Å². The number of nitrogens with one attached hydrogen (secondary N) is 1. The standard InChI is InChI=1S/C19H15NO4/c1-19(2)13-9-10(18(22)23)7-8-11(13)16(24-19)15-12-5-3-4-6-14(12)20-17(15)21/h3-9H,1-2H3,(H,20,21)(H,22,23)/b16-15+. The van der Waals surface area contributed by atoms with E-state index in [1.807, 2.05) is 38.1 Å². The van der Waals surface area contributed by atoms with Gasteiger partial charge in [-0.05, 0) is 38.1 Å². The van der Waals surface area contributed by atoms with E-state index in [9.17, 15) is 14.7 Å². The van der Waals surface area contributed by atoms with Gasteiger partial charge in [-0.3, -0.25) is 4.79 Å². The lowest BCUT2D eigenvalue weighted by Gasteiger charge is -2.19. The predicted octanol–water partition coefficient (Wildman–Crippen LogP) is 3.47. The summed E-state index contributed by atoms with van der Waals surface area (Å²) in [7, 11) is 0. The van der Waals surface area contributed by atoms with Crippen molar-refractivity contribution in [3.8, 4) is 0 Å². The monoisotopic (exact) mass is 321 g/mol. The highest BCUT2D eigenvalue weighted by Gasteiger charge is 2.40. The number of para-hydroxylation sites is 1. The molecule has 2 aliphatic rings. The van der Waals surface area contributed by atoms with Gasteiger partial charge in [0.25, 0.3) is 5.91 Å². The second-order valence-corrected chi connectivity index (χ2v) is 6.38. The van der Waals surface area contributed by atoms with Crippen LogP contribution in [-0.4, -0.2) is 17.0 Å². The molecular formula is C19H15NO4. The number of amides is 1. The third-order valence-corrected chi connectivity index (χ3v) is 4.42. The summed E-state index contributed by atoms with van der Waals surface area (Å²) in [6.45, 7) is 3.73. The first kappa shape index (κ1) is 14.5. The predicted molar refractivity (Wildman–Crippen MR) is 89.4 cm³/mol. The largest absolute Gasteiger partial charge is 0.482 e. The number of carboxylic acids is 1. The molecule has 120 valence electrons. The molecule has 0 fully saturated rings. The van der Waals surface area contributed by atoms with Gasteiger partial charge >= 0.3 is 5.97 Å². The van der Waals surface area contributed by atoms with Crippen molar-refractivity contribution < 1.29 is 19.4 Å². The smallest absolute Gasteiger partial charge is 0.335 e. The van der Waals surface area contributed by atoms with Crippen LogP contribution in [0.15, 0.2) is 42.5 Å². The van der Waals surface area contributed by atoms with Crippen molar-refractivity contribution >= 4 is 28.9 Å². The molecule has 0 aromatic heterocycles. The molecule has 0 unspecified atom stereocenters. The summed E-state index contributed by atoms with van der Waals surface area (Å²) in [5.41, 5.74) is 3.05. The van der Waals surface area contributed by atoms with E-state index in [1.165, 1.54) is 6.07 Å². The van der Waals surface area contributed by atoms with E-state index in [0.29, 0.717) is 11.3 Å². The Morgan fingerprint density at radius 3 is 2.62 bits per heavy atom. The summed E-state index contributed by atoms with van der Waals surface area (Å²) in [5, 5.41) is 12.1. The molecule has 0 radical (unpaired) electrons. The zero-order valence-corrected chi connectivity index (χ0v) is 13.2. The van der Waals surface area contributed by atoms with Gasteiger partial charge in [-0.15, -0.1) is 0 Å². The van der Waals surface area contributed by atoms with Crippen LogP contribution in [0.5, 0.6) is 0 Å². The van der Waals surface area contributed by atoms with Crippen LogP contribution in [0.25, 0.3) is 11.3 Å². The number of hydrogen-bond donors (Lipinski definition) is 2. The average molecular weight is 321 g/mol. The quantitative estimate of drug-likeness (QED) is 0.789. The molecule has 0 bridgehead atoms. The Morgan fingerprint density at radius 2 is 1.88 bits per heavy atom. The van der Waals surface area contributed by atoms with Crippen molar-refractivity contribution in [3.05, 3.63) is 64.7 Å². The second kappa shape index (κ2) is 4.71. The van der Waals surface area contributed by atoms with Crippen molar-refractivity contribution in [1.29, 1.82) is 0 Å². The third kappa shape index (κ3) is 1.94. The molecule has 2 aliphatic heterocycles. The average Bonchev–Trinajstić information content (AvgIpc) is 3.00. The number of benzene rings is 2. The maximum absolute atomic E-state index is 12.5. The van der Waals surface area contributed by atoms with E-state index in [4.69, 9.17) is 4.74 Å². The molecule has 0 atom stereocenters. The Balaban J connectivity index is 1.98. The first-order valence-electron chi connectivity index (χ1n) is 7.61. The number of anilines is 1. The van der Waals surface area contributed by atoms with Crippen molar-refractivity contribution in [2.75, 3.05) is 5.32 Å². The molecule has 5 heteroatoms. The second-order valence-electron chi connectivity index (χ2n) is 6.38. The molecule has 2 aromatic carbocycles. The van der Waals surface area contributed by atoms with Crippen LogP contribution in [0.2, 0.25) is 0 Å². The maximum atomic E-state index is 12.5. The Morgan fingerprint density at radius 1 is 1.12 bits per heavy atom. The fourth-order valence-electron chi connectivity index (χ4n) is 3.27. The molecule has 0 saturated heterocycles. The molecular weight excluding hydrogens is 306 g/mol. The van der Waals surface area contributed by atoms with E-state index < -0.39 is 11.6 Å². The van der Waals surface area contributed by atoms with Gasteiger partial charge in [0.05, 0.1) is 11.1 Å². The summed E-state index contributed by atoms with van der Waals surface area (Å²) in [5.74, 6) is -0.704. The third-order valence-electron chi connectivity index (χ3n) is 4.42. The number of fused-ring (bicyclic) bond motifs is 2. The zero-order valence-electron chi connectivity index (χ0n) is 13.2. The molecule has 4 rings (SSSR count). The van der Waals surface area contributed by atoms with Crippen LogP contribution in [0.3, 0.4) is 0 Å². The summed E-state index contributed by atoms with van der Waals surface area (Å²) >= 11 is 0. The fraction of sp³-hybridized carbons (Fsp3) is 0.158. The molecule has 2 N–H and O–H groups in total. The highest BCUT2D eigenvalue weighted by atomic mass is 16.5. The summed E-state index contributed by atoms with van der Waals surface area (Å²) in [6, 6.07) is 12.3. The number of ether oxygens (including phenoxy) is 1. The maximum Gasteiger partial charge on any atom is 0.335 e. The van der Waals surface area contributed by atoms with Gasteiger partial charge in [-0.2, -0.15) is 0 Å². The van der Waals surface area contributed by atoms with Gasteiger partial charge in [0.1, 0.15) is 11.4 Å². The van der Waals surface area contributed by atoms with Gasteiger partial charge in [0.15, 0.2) is 0 Å². The molecule has 0 saturated carbocycles. The Labute approximate surface area is 138 Å². The lowest BCUT2D eigenvalue weighted by atomic mass is 9.92. The van der Waals surface area contributed by atoms with Crippen LogP contribution in [0.1, 0.15) is 40.9 Å². The first-order valence-corrected chi connectivity index (χ1v) is 7.61. The Hall–Kier alpha value is -3.08. The molecule has 5 nitrogen and oxygen atoms in total. The number of carbonyl (C=O) groups excluding carboxylic acids is 1. The van der Waals surface area contributed by atoms with E-state index in [-0.39, 0.29) is 11.5 Å². The Bertz CT molecular complexity index is 940. The van der Waals surface area contributed by atoms with E-state index >= 15 is 0 Å². The highest BCUT2D eigenvalue weighted by Crippen LogP contribution is 2.48. The van der Waals surface area contributed by atoms with Crippen molar-refractivity contribution in [1.82, 2.24) is 0 Å². The molecule has 0 aliphatic carbocycles. The van der Waals surface area contributed by atoms with Crippen molar-refractivity contribution in [3.63, 3.8) is 0 Å². The first-order chi connectivity index (χ1) is 11.4. The number of aromatic carboxylic acids is 1. The van der Waals surface area contributed by atoms with Gasteiger partial charge < -0.3 is 15.2 Å². The number of carboxylic acid groups (broad SMARTS) is 1. The SMILES string of the molecule is CC1(C)O/C(=C2/C(=O)Nc3ccccc32)c2ccc(C(=O)O)cc21. The van der Waals surface area contributed by atoms with E-state index in [0.717, 1.165) is 22.4 Å². The van der Waals surface area contributed by atoms with Gasteiger partial charge in [-0.25, -0.2) is 4.79 Å². The minimum atomic E-state index is -0.987. The molecule has 2 heterocycles. The van der Waals surface area contributed by atoms with Crippen molar-refractivity contribution in [2.45, 2.75) is 19.4 Å². The number of hydrogen-bond acceptors (Lipinski definition) is 3.